The van der Waals surface area contributed by atoms with Gasteiger partial charge in [0.05, 0.1) is 12.6 Å². The first kappa shape index (κ1) is 13.6. The zero-order valence-electron chi connectivity index (χ0n) is 11.0. The van der Waals surface area contributed by atoms with E-state index in [9.17, 15) is 9.59 Å². The fourth-order valence-corrected chi connectivity index (χ4v) is 1.75. The van der Waals surface area contributed by atoms with Crippen molar-refractivity contribution in [2.45, 2.75) is 45.3 Å². The average molecular weight is 266 g/mol. The van der Waals surface area contributed by atoms with Crippen LogP contribution in [0.25, 0.3) is 0 Å². The van der Waals surface area contributed by atoms with Crippen molar-refractivity contribution in [3.05, 3.63) is 23.2 Å². The van der Waals surface area contributed by atoms with E-state index in [1.165, 1.54) is 0 Å². The molecular weight excluding hydrogens is 248 g/mol. The van der Waals surface area contributed by atoms with Gasteiger partial charge in [0.15, 0.2) is 0 Å². The number of amides is 1. The largest absolute Gasteiger partial charge is 0.475 e. The lowest BCUT2D eigenvalue weighted by Gasteiger charge is -2.12. The Labute approximate surface area is 111 Å². The molecule has 1 unspecified atom stereocenters. The van der Waals surface area contributed by atoms with Crippen LogP contribution in [0.3, 0.4) is 0 Å². The van der Waals surface area contributed by atoms with Crippen LogP contribution in [0.4, 0.5) is 0 Å². The van der Waals surface area contributed by atoms with Gasteiger partial charge in [0.1, 0.15) is 5.76 Å². The Bertz CT molecular complexity index is 491. The molecule has 1 saturated carbocycles. The van der Waals surface area contributed by atoms with Crippen LogP contribution in [0, 0.1) is 6.92 Å². The number of hydrogen-bond acceptors (Lipinski definition) is 4. The molecule has 0 bridgehead atoms. The Morgan fingerprint density at radius 1 is 1.53 bits per heavy atom. The summed E-state index contributed by atoms with van der Waals surface area (Å²) < 4.78 is 5.21. The van der Waals surface area contributed by atoms with Crippen LogP contribution in [0.2, 0.25) is 0 Å². The summed E-state index contributed by atoms with van der Waals surface area (Å²) in [6.07, 6.45) is 2.11. The van der Waals surface area contributed by atoms with Crippen molar-refractivity contribution in [3.63, 3.8) is 0 Å². The van der Waals surface area contributed by atoms with Gasteiger partial charge >= 0.3 is 5.97 Å². The van der Waals surface area contributed by atoms with Crippen LogP contribution < -0.4 is 10.6 Å². The predicted octanol–water partition coefficient (Wildman–Crippen LogP) is 1.04. The van der Waals surface area contributed by atoms with Gasteiger partial charge in [-0.3, -0.25) is 10.1 Å². The topological polar surface area (TPSA) is 91.6 Å². The summed E-state index contributed by atoms with van der Waals surface area (Å²) >= 11 is 0. The second-order valence-electron chi connectivity index (χ2n) is 4.92. The van der Waals surface area contributed by atoms with E-state index < -0.39 is 5.97 Å². The number of carbonyl (C=O) groups is 2. The summed E-state index contributed by atoms with van der Waals surface area (Å²) in [6.45, 7) is 3.78. The first-order valence-corrected chi connectivity index (χ1v) is 6.33. The number of carboxylic acid groups (broad SMARTS) is 1. The molecule has 2 rings (SSSR count). The molecule has 1 aliphatic carbocycles. The number of hydrogen-bond donors (Lipinski definition) is 3. The van der Waals surface area contributed by atoms with Gasteiger partial charge in [-0.25, -0.2) is 4.79 Å². The highest BCUT2D eigenvalue weighted by atomic mass is 16.4. The van der Waals surface area contributed by atoms with Crippen molar-refractivity contribution >= 4 is 11.9 Å². The van der Waals surface area contributed by atoms with Crippen molar-refractivity contribution in [2.24, 2.45) is 0 Å². The molecule has 0 aliphatic heterocycles. The third-order valence-electron chi connectivity index (χ3n) is 3.06. The van der Waals surface area contributed by atoms with Crippen LogP contribution in [0.5, 0.6) is 0 Å². The Balaban J connectivity index is 1.85. The molecule has 0 radical (unpaired) electrons. The average Bonchev–Trinajstić information content (AvgIpc) is 3.07. The number of carbonyl (C=O) groups excluding carboxylic acids is 1. The van der Waals surface area contributed by atoms with E-state index in [2.05, 4.69) is 10.6 Å². The SMILES string of the molecule is Cc1cc(CNC(C)C(=O)NC2CC2)oc1C(=O)O. The molecule has 1 amide bonds. The van der Waals surface area contributed by atoms with Crippen molar-refractivity contribution in [2.75, 3.05) is 0 Å². The summed E-state index contributed by atoms with van der Waals surface area (Å²) in [7, 11) is 0. The van der Waals surface area contributed by atoms with Crippen molar-refractivity contribution in [1.82, 2.24) is 10.6 Å². The molecule has 1 atom stereocenters. The fraction of sp³-hybridized carbons (Fsp3) is 0.538. The molecule has 1 aromatic heterocycles. The van der Waals surface area contributed by atoms with E-state index >= 15 is 0 Å². The van der Waals surface area contributed by atoms with Gasteiger partial charge in [-0.1, -0.05) is 0 Å². The first-order valence-electron chi connectivity index (χ1n) is 6.33. The molecule has 1 heterocycles. The molecule has 1 aromatic rings. The lowest BCUT2D eigenvalue weighted by atomic mass is 10.2. The van der Waals surface area contributed by atoms with Crippen LogP contribution in [0.15, 0.2) is 10.5 Å². The number of furan rings is 1. The lowest BCUT2D eigenvalue weighted by molar-refractivity contribution is -0.122. The normalized spacial score (nSPS) is 16.1. The maximum atomic E-state index is 11.7. The Hall–Kier alpha value is -1.82. The molecule has 1 fully saturated rings. The lowest BCUT2D eigenvalue weighted by Crippen LogP contribution is -2.42. The third-order valence-corrected chi connectivity index (χ3v) is 3.06. The number of rotatable bonds is 6. The maximum Gasteiger partial charge on any atom is 0.372 e. The van der Waals surface area contributed by atoms with Gasteiger partial charge < -0.3 is 14.8 Å². The third kappa shape index (κ3) is 3.57. The second-order valence-corrected chi connectivity index (χ2v) is 4.92. The number of nitrogens with one attached hydrogen (secondary N) is 2. The molecule has 0 spiro atoms. The smallest absolute Gasteiger partial charge is 0.372 e. The minimum absolute atomic E-state index is 0.0377. The zero-order chi connectivity index (χ0) is 14.0. The van der Waals surface area contributed by atoms with Crippen molar-refractivity contribution in [1.29, 1.82) is 0 Å². The fourth-order valence-electron chi connectivity index (χ4n) is 1.75. The van der Waals surface area contributed by atoms with E-state index in [1.807, 2.05) is 0 Å². The highest BCUT2D eigenvalue weighted by Crippen LogP contribution is 2.18. The van der Waals surface area contributed by atoms with Crippen LogP contribution >= 0.6 is 0 Å². The monoisotopic (exact) mass is 266 g/mol. The van der Waals surface area contributed by atoms with Gasteiger partial charge in [0, 0.05) is 11.6 Å². The zero-order valence-corrected chi connectivity index (χ0v) is 11.0. The van der Waals surface area contributed by atoms with Gasteiger partial charge in [-0.15, -0.1) is 0 Å². The minimum atomic E-state index is -1.08. The summed E-state index contributed by atoms with van der Waals surface area (Å²) in [5.41, 5.74) is 0.583. The molecule has 3 N–H and O–H groups in total. The number of carboxylic acids is 1. The standard InChI is InChI=1S/C13H18N2O4/c1-7-5-10(19-11(7)13(17)18)6-14-8(2)12(16)15-9-3-4-9/h5,8-9,14H,3-4,6H2,1-2H3,(H,15,16)(H,17,18). The maximum absolute atomic E-state index is 11.7. The van der Waals surface area contributed by atoms with E-state index in [0.717, 1.165) is 12.8 Å². The molecule has 1 aliphatic rings. The van der Waals surface area contributed by atoms with Crippen LogP contribution in [0.1, 0.15) is 41.6 Å². The van der Waals surface area contributed by atoms with E-state index in [-0.39, 0.29) is 17.7 Å². The molecule has 0 saturated heterocycles. The van der Waals surface area contributed by atoms with Gasteiger partial charge in [0.25, 0.3) is 0 Å². The van der Waals surface area contributed by atoms with E-state index in [1.54, 1.807) is 19.9 Å². The molecule has 104 valence electrons. The second kappa shape index (κ2) is 5.44. The van der Waals surface area contributed by atoms with Gasteiger partial charge in [0.2, 0.25) is 11.7 Å². The molecular formula is C13H18N2O4. The molecule has 0 aromatic carbocycles. The highest BCUT2D eigenvalue weighted by molar-refractivity contribution is 5.86. The summed E-state index contributed by atoms with van der Waals surface area (Å²) in [5, 5.41) is 14.8. The van der Waals surface area contributed by atoms with E-state index in [0.29, 0.717) is 23.9 Å². The van der Waals surface area contributed by atoms with Crippen LogP contribution in [-0.4, -0.2) is 29.1 Å². The van der Waals surface area contributed by atoms with Crippen molar-refractivity contribution < 1.29 is 19.1 Å². The molecule has 6 heteroatoms. The van der Waals surface area contributed by atoms with Crippen molar-refractivity contribution in [3.8, 4) is 0 Å². The molecule has 19 heavy (non-hydrogen) atoms. The molecule has 6 nitrogen and oxygen atoms in total. The Morgan fingerprint density at radius 2 is 2.21 bits per heavy atom. The highest BCUT2D eigenvalue weighted by Gasteiger charge is 2.25. The number of aromatic carboxylic acids is 1. The van der Waals surface area contributed by atoms with E-state index in [4.69, 9.17) is 9.52 Å². The van der Waals surface area contributed by atoms with Crippen LogP contribution in [-0.2, 0) is 11.3 Å². The summed E-state index contributed by atoms with van der Waals surface area (Å²) in [6, 6.07) is 1.67. The first-order chi connectivity index (χ1) is 8.97. The van der Waals surface area contributed by atoms with Gasteiger partial charge in [-0.05, 0) is 32.8 Å². The summed E-state index contributed by atoms with van der Waals surface area (Å²) in [4.78, 5) is 22.5. The number of aryl methyl sites for hydroxylation is 1. The quantitative estimate of drug-likeness (QED) is 0.715. The summed E-state index contributed by atoms with van der Waals surface area (Å²) in [5.74, 6) is -0.652. The Kier molecular flexibility index (Phi) is 3.90. The predicted molar refractivity (Wildman–Crippen MR) is 67.9 cm³/mol. The minimum Gasteiger partial charge on any atom is -0.475 e. The van der Waals surface area contributed by atoms with Gasteiger partial charge in [-0.2, -0.15) is 0 Å². The Morgan fingerprint density at radius 3 is 2.74 bits per heavy atom.